The van der Waals surface area contributed by atoms with Crippen LogP contribution in [0.5, 0.6) is 0 Å². The Bertz CT molecular complexity index is 816. The van der Waals surface area contributed by atoms with Crippen LogP contribution in [0.3, 0.4) is 0 Å². The number of carbonyl (C=O) groups is 4. The van der Waals surface area contributed by atoms with Crippen LogP contribution in [-0.2, 0) is 19.2 Å². The Morgan fingerprint density at radius 2 is 2.22 bits per heavy atom. The van der Waals surface area contributed by atoms with Gasteiger partial charge in [-0.05, 0) is 17.1 Å². The van der Waals surface area contributed by atoms with E-state index in [0.717, 1.165) is 0 Å². The van der Waals surface area contributed by atoms with Crippen molar-refractivity contribution < 1.29 is 24.3 Å². The number of Topliss-reactive ketones (excluding diaryl/α,β-unsaturated/α-hetero) is 1. The maximum Gasteiger partial charge on any atom is 0.352 e. The summed E-state index contributed by atoms with van der Waals surface area (Å²) < 4.78 is 4.60. The summed E-state index contributed by atoms with van der Waals surface area (Å²) in [5.41, 5.74) is 0.558. The van der Waals surface area contributed by atoms with Crippen LogP contribution in [-0.4, -0.2) is 71.7 Å². The minimum absolute atomic E-state index is 0.0527. The summed E-state index contributed by atoms with van der Waals surface area (Å²) in [7, 11) is 0. The number of fused-ring (bicyclic) bond motifs is 1. The molecule has 2 aliphatic heterocycles. The lowest BCUT2D eigenvalue weighted by Gasteiger charge is -2.49. The lowest BCUT2D eigenvalue weighted by Crippen LogP contribution is -2.70. The number of carboxylic acids is 1. The van der Waals surface area contributed by atoms with Gasteiger partial charge < -0.3 is 10.4 Å². The third-order valence-electron chi connectivity index (χ3n) is 3.78. The molecule has 3 rings (SSSR count). The molecular formula is C14H13ClN4O5S3. The van der Waals surface area contributed by atoms with E-state index in [1.807, 2.05) is 0 Å². The maximum absolute atomic E-state index is 12.4. The summed E-state index contributed by atoms with van der Waals surface area (Å²) in [5, 5.41) is 11.6. The predicted octanol–water partition coefficient (Wildman–Crippen LogP) is 0.567. The predicted molar refractivity (Wildman–Crippen MR) is 101 cm³/mol. The number of aliphatic carboxylic acids is 1. The molecule has 1 aromatic rings. The summed E-state index contributed by atoms with van der Waals surface area (Å²) in [5.74, 6) is -2.24. The largest absolute Gasteiger partial charge is 0.477 e. The summed E-state index contributed by atoms with van der Waals surface area (Å²) in [4.78, 5) is 52.5. The number of halogens is 1. The number of hydrogen-bond acceptors (Lipinski definition) is 9. The second kappa shape index (κ2) is 8.59. The molecule has 0 bridgehead atoms. The van der Waals surface area contributed by atoms with Crippen molar-refractivity contribution in [1.29, 1.82) is 0 Å². The second-order valence-corrected chi connectivity index (χ2v) is 8.93. The molecule has 144 valence electrons. The highest BCUT2D eigenvalue weighted by atomic mass is 35.5. The Hall–Kier alpha value is -1.63. The molecule has 0 aromatic carbocycles. The molecule has 1 fully saturated rings. The highest BCUT2D eigenvalue weighted by molar-refractivity contribution is 8.01. The van der Waals surface area contributed by atoms with E-state index in [0.29, 0.717) is 21.4 Å². The summed E-state index contributed by atoms with van der Waals surface area (Å²) >= 11 is 9.30. The number of rotatable bonds is 8. The van der Waals surface area contributed by atoms with Crippen LogP contribution in [0.15, 0.2) is 21.9 Å². The van der Waals surface area contributed by atoms with Gasteiger partial charge in [0.05, 0.1) is 12.3 Å². The molecule has 2 N–H and O–H groups in total. The number of carboxylic acid groups (broad SMARTS) is 1. The average molecular weight is 449 g/mol. The zero-order valence-corrected chi connectivity index (χ0v) is 16.8. The molecule has 2 aliphatic rings. The number of hydrogen-bond donors (Lipinski definition) is 2. The normalized spacial score (nSPS) is 21.5. The molecule has 27 heavy (non-hydrogen) atoms. The van der Waals surface area contributed by atoms with Gasteiger partial charge in [-0.3, -0.25) is 19.3 Å². The van der Waals surface area contributed by atoms with Gasteiger partial charge in [0.15, 0.2) is 10.1 Å². The van der Waals surface area contributed by atoms with Crippen molar-refractivity contribution in [1.82, 2.24) is 19.6 Å². The lowest BCUT2D eigenvalue weighted by molar-refractivity contribution is -0.150. The minimum Gasteiger partial charge on any atom is -0.477 e. The highest BCUT2D eigenvalue weighted by Crippen LogP contribution is 2.41. The maximum atomic E-state index is 12.4. The summed E-state index contributed by atoms with van der Waals surface area (Å²) in [6.45, 7) is 0. The highest BCUT2D eigenvalue weighted by Gasteiger charge is 2.54. The summed E-state index contributed by atoms with van der Waals surface area (Å²) in [6, 6.07) is -0.850. The van der Waals surface area contributed by atoms with Gasteiger partial charge in [-0.1, -0.05) is 11.8 Å². The lowest BCUT2D eigenvalue weighted by atomic mass is 10.0. The third-order valence-corrected chi connectivity index (χ3v) is 7.31. The number of alkyl halides is 1. The van der Waals surface area contributed by atoms with E-state index < -0.39 is 41.4 Å². The smallest absolute Gasteiger partial charge is 0.352 e. The number of nitrogens with zero attached hydrogens (tertiary/aromatic N) is 3. The molecule has 0 saturated carbocycles. The summed E-state index contributed by atoms with van der Waals surface area (Å²) in [6.07, 6.45) is 1.02. The van der Waals surface area contributed by atoms with Gasteiger partial charge in [-0.25, -0.2) is 9.78 Å². The standard InChI is InChI=1S/C14H13ClN4O5S3/c15-2-7(20)1-8(21)18-9-11(22)19-10(13(23)24)6(3-25-12(9)19)4-26-14-16-5-17-27-14/h5,9,12H,1-4H2,(H,18,21)(H,23,24)/t9?,12-/m0/s1. The number of thioether (sulfide) groups is 2. The number of ketones is 1. The Morgan fingerprint density at radius 3 is 2.85 bits per heavy atom. The van der Waals surface area contributed by atoms with E-state index in [2.05, 4.69) is 14.7 Å². The molecule has 3 heterocycles. The van der Waals surface area contributed by atoms with Crippen molar-refractivity contribution >= 4 is 70.2 Å². The molecule has 0 spiro atoms. The molecule has 0 aliphatic carbocycles. The van der Waals surface area contributed by atoms with Crippen LogP contribution >= 0.6 is 46.7 Å². The third kappa shape index (κ3) is 4.28. The van der Waals surface area contributed by atoms with Crippen LogP contribution in [0.25, 0.3) is 0 Å². The zero-order chi connectivity index (χ0) is 19.6. The molecule has 2 amide bonds. The molecule has 13 heteroatoms. The fraction of sp³-hybridized carbons (Fsp3) is 0.429. The van der Waals surface area contributed by atoms with Crippen LogP contribution in [0.2, 0.25) is 0 Å². The van der Waals surface area contributed by atoms with Crippen molar-refractivity contribution in [3.63, 3.8) is 0 Å². The molecule has 1 unspecified atom stereocenters. The molecule has 2 atom stereocenters. The molecule has 1 saturated heterocycles. The van der Waals surface area contributed by atoms with Crippen LogP contribution < -0.4 is 5.32 Å². The molecule has 9 nitrogen and oxygen atoms in total. The Morgan fingerprint density at radius 1 is 1.44 bits per heavy atom. The van der Waals surface area contributed by atoms with Crippen molar-refractivity contribution in [3.8, 4) is 0 Å². The van der Waals surface area contributed by atoms with Gasteiger partial charge in [0, 0.05) is 11.5 Å². The minimum atomic E-state index is -1.19. The van der Waals surface area contributed by atoms with E-state index >= 15 is 0 Å². The van der Waals surface area contributed by atoms with Crippen molar-refractivity contribution in [2.24, 2.45) is 0 Å². The first-order valence-corrected chi connectivity index (χ1v) is 10.9. The van der Waals surface area contributed by atoms with Crippen LogP contribution in [0, 0.1) is 0 Å². The SMILES string of the molecule is O=C(CCl)CC(=O)NC1C(=O)N2C(C(=O)O)=C(CSc3ncns3)CS[C@@H]12. The van der Waals surface area contributed by atoms with E-state index in [9.17, 15) is 24.3 Å². The van der Waals surface area contributed by atoms with Gasteiger partial charge in [-0.2, -0.15) is 4.37 Å². The van der Waals surface area contributed by atoms with Crippen molar-refractivity contribution in [2.45, 2.75) is 22.2 Å². The molecular weight excluding hydrogens is 436 g/mol. The number of β-lactam (4-membered cyclic amide) rings is 1. The fourth-order valence-corrected chi connectivity index (χ4v) is 5.64. The monoisotopic (exact) mass is 448 g/mol. The van der Waals surface area contributed by atoms with Crippen LogP contribution in [0.1, 0.15) is 6.42 Å². The topological polar surface area (TPSA) is 130 Å². The van der Waals surface area contributed by atoms with Gasteiger partial charge in [0.25, 0.3) is 5.91 Å². The van der Waals surface area contributed by atoms with Gasteiger partial charge in [0.2, 0.25) is 5.91 Å². The molecule has 0 radical (unpaired) electrons. The number of amides is 2. The Kier molecular flexibility index (Phi) is 6.40. The fourth-order valence-electron chi connectivity index (χ4n) is 2.62. The number of carbonyl (C=O) groups excluding carboxylic acids is 3. The zero-order valence-electron chi connectivity index (χ0n) is 13.6. The molecule has 1 aromatic heterocycles. The second-order valence-electron chi connectivity index (χ2n) is 5.56. The Balaban J connectivity index is 1.69. The van der Waals surface area contributed by atoms with Gasteiger partial charge in [-0.15, -0.1) is 23.4 Å². The first kappa shape index (κ1) is 20.1. The number of aromatic nitrogens is 2. The first-order valence-electron chi connectivity index (χ1n) is 7.59. The van der Waals surface area contributed by atoms with E-state index in [1.54, 1.807) is 0 Å². The van der Waals surface area contributed by atoms with Gasteiger partial charge in [0.1, 0.15) is 23.4 Å². The van der Waals surface area contributed by atoms with Crippen molar-refractivity contribution in [2.75, 3.05) is 17.4 Å². The first-order chi connectivity index (χ1) is 12.9. The quantitative estimate of drug-likeness (QED) is 0.253. The Labute approximate surface area is 171 Å². The van der Waals surface area contributed by atoms with Gasteiger partial charge >= 0.3 is 5.97 Å². The van der Waals surface area contributed by atoms with E-state index in [-0.39, 0.29) is 11.6 Å². The van der Waals surface area contributed by atoms with Crippen LogP contribution in [0.4, 0.5) is 0 Å². The van der Waals surface area contributed by atoms with E-state index in [4.69, 9.17) is 11.6 Å². The van der Waals surface area contributed by atoms with E-state index in [1.165, 1.54) is 46.3 Å². The number of nitrogens with one attached hydrogen (secondary N) is 1. The van der Waals surface area contributed by atoms with Crippen molar-refractivity contribution in [3.05, 3.63) is 17.6 Å². The average Bonchev–Trinajstić information content (AvgIpc) is 3.16.